The number of methoxy groups -OCH3 is 1. The largest absolute Gasteiger partial charge is 0.497 e. The number of aliphatic carboxylic acids is 1. The molecule has 1 aliphatic heterocycles. The fraction of sp³-hybridized carbons (Fsp3) is 0.300. The van der Waals surface area contributed by atoms with Gasteiger partial charge in [0.15, 0.2) is 0 Å². The molecule has 1 aliphatic rings. The van der Waals surface area contributed by atoms with E-state index in [0.29, 0.717) is 6.54 Å². The van der Waals surface area contributed by atoms with Gasteiger partial charge in [0, 0.05) is 17.1 Å². The van der Waals surface area contributed by atoms with Crippen LogP contribution in [-0.2, 0) is 4.79 Å². The summed E-state index contributed by atoms with van der Waals surface area (Å²) in [5, 5.41) is 11.6. The summed E-state index contributed by atoms with van der Waals surface area (Å²) in [5.74, 6) is -0.0462. The predicted octanol–water partition coefficient (Wildman–Crippen LogP) is 1.67. The Hall–Kier alpha value is -1.36. The lowest BCUT2D eigenvalue weighted by Gasteiger charge is -2.23. The molecule has 2 rings (SSSR count). The maximum Gasteiger partial charge on any atom is 0.318 e. The molecule has 0 amide bonds. The minimum absolute atomic E-state index is 0.426. The minimum Gasteiger partial charge on any atom is -0.497 e. The van der Waals surface area contributed by atoms with Gasteiger partial charge in [-0.3, -0.25) is 4.79 Å². The third-order valence-electron chi connectivity index (χ3n) is 2.21. The predicted molar refractivity (Wildman–Crippen MR) is 58.8 cm³/mol. The number of ether oxygens (including phenoxy) is 1. The first kappa shape index (κ1) is 10.2. The normalized spacial score (nSPS) is 18.9. The Balaban J connectivity index is 2.27. The van der Waals surface area contributed by atoms with Gasteiger partial charge in [-0.15, -0.1) is 11.8 Å². The standard InChI is InChI=1S/C10H11NO3S/c1-14-6-2-3-7-8(4-6)15-9(5-11-7)10(12)13/h2-4,9,11H,5H2,1H3,(H,12,13). The van der Waals surface area contributed by atoms with Crippen molar-refractivity contribution in [3.05, 3.63) is 18.2 Å². The zero-order valence-electron chi connectivity index (χ0n) is 8.19. The number of carboxylic acid groups (broad SMARTS) is 1. The molecular formula is C10H11NO3S. The molecule has 0 spiro atoms. The number of hydrogen-bond acceptors (Lipinski definition) is 4. The topological polar surface area (TPSA) is 58.6 Å². The Morgan fingerprint density at radius 1 is 1.67 bits per heavy atom. The molecule has 15 heavy (non-hydrogen) atoms. The number of carbonyl (C=O) groups is 1. The number of thioether (sulfide) groups is 1. The van der Waals surface area contributed by atoms with Gasteiger partial charge in [0.05, 0.1) is 7.11 Å². The van der Waals surface area contributed by atoms with Crippen molar-refractivity contribution in [2.75, 3.05) is 19.0 Å². The van der Waals surface area contributed by atoms with Gasteiger partial charge in [-0.1, -0.05) is 0 Å². The van der Waals surface area contributed by atoms with Crippen LogP contribution in [0.1, 0.15) is 0 Å². The molecule has 1 atom stereocenters. The van der Waals surface area contributed by atoms with Crippen molar-refractivity contribution in [1.82, 2.24) is 0 Å². The average molecular weight is 225 g/mol. The molecule has 0 aliphatic carbocycles. The van der Waals surface area contributed by atoms with Crippen LogP contribution in [-0.4, -0.2) is 30.0 Å². The summed E-state index contributed by atoms with van der Waals surface area (Å²) in [4.78, 5) is 11.8. The Kier molecular flexibility index (Phi) is 2.73. The average Bonchev–Trinajstić information content (AvgIpc) is 2.27. The first-order valence-corrected chi connectivity index (χ1v) is 5.40. The van der Waals surface area contributed by atoms with Crippen LogP contribution < -0.4 is 10.1 Å². The summed E-state index contributed by atoms with van der Waals surface area (Å²) in [6.07, 6.45) is 0. The fourth-order valence-corrected chi connectivity index (χ4v) is 2.43. The molecular weight excluding hydrogens is 214 g/mol. The maximum absolute atomic E-state index is 10.8. The number of rotatable bonds is 2. The third kappa shape index (κ3) is 2.02. The molecule has 2 N–H and O–H groups in total. The van der Waals surface area contributed by atoms with Gasteiger partial charge in [-0.05, 0) is 18.2 Å². The quantitative estimate of drug-likeness (QED) is 0.801. The van der Waals surface area contributed by atoms with Gasteiger partial charge in [0.1, 0.15) is 11.0 Å². The molecule has 0 saturated carbocycles. The van der Waals surface area contributed by atoms with Crippen LogP contribution in [0.15, 0.2) is 23.1 Å². The second kappa shape index (κ2) is 4.02. The summed E-state index contributed by atoms with van der Waals surface area (Å²) in [6, 6.07) is 5.61. The van der Waals surface area contributed by atoms with Crippen LogP contribution in [0.25, 0.3) is 0 Å². The molecule has 1 aromatic carbocycles. The van der Waals surface area contributed by atoms with Gasteiger partial charge in [-0.25, -0.2) is 0 Å². The molecule has 0 radical (unpaired) electrons. The Morgan fingerprint density at radius 3 is 3.13 bits per heavy atom. The van der Waals surface area contributed by atoms with E-state index in [2.05, 4.69) is 5.32 Å². The molecule has 0 saturated heterocycles. The van der Waals surface area contributed by atoms with Crippen LogP contribution >= 0.6 is 11.8 Å². The van der Waals surface area contributed by atoms with E-state index in [9.17, 15) is 4.79 Å². The van der Waals surface area contributed by atoms with Gasteiger partial charge >= 0.3 is 5.97 Å². The highest BCUT2D eigenvalue weighted by molar-refractivity contribution is 8.00. The summed E-state index contributed by atoms with van der Waals surface area (Å²) in [5.41, 5.74) is 0.971. The first-order chi connectivity index (χ1) is 7.20. The fourth-order valence-electron chi connectivity index (χ4n) is 1.41. The Morgan fingerprint density at radius 2 is 2.47 bits per heavy atom. The van der Waals surface area contributed by atoms with E-state index >= 15 is 0 Å². The summed E-state index contributed by atoms with van der Waals surface area (Å²) >= 11 is 1.35. The minimum atomic E-state index is -0.791. The molecule has 0 aromatic heterocycles. The van der Waals surface area contributed by atoms with Crippen LogP contribution in [0.2, 0.25) is 0 Å². The van der Waals surface area contributed by atoms with E-state index in [-0.39, 0.29) is 0 Å². The number of benzene rings is 1. The van der Waals surface area contributed by atoms with Crippen molar-refractivity contribution in [3.8, 4) is 5.75 Å². The second-order valence-corrected chi connectivity index (χ2v) is 4.43. The van der Waals surface area contributed by atoms with Gasteiger partial charge < -0.3 is 15.2 Å². The lowest BCUT2D eigenvalue weighted by Crippen LogP contribution is -2.28. The van der Waals surface area contributed by atoms with Crippen molar-refractivity contribution in [2.24, 2.45) is 0 Å². The van der Waals surface area contributed by atoms with Crippen LogP contribution in [0, 0.1) is 0 Å². The third-order valence-corrected chi connectivity index (χ3v) is 3.46. The lowest BCUT2D eigenvalue weighted by atomic mass is 10.3. The first-order valence-electron chi connectivity index (χ1n) is 4.52. The van der Waals surface area contributed by atoms with Gasteiger partial charge in [0.25, 0.3) is 0 Å². The highest BCUT2D eigenvalue weighted by Crippen LogP contribution is 2.37. The monoisotopic (exact) mass is 225 g/mol. The van der Waals surface area contributed by atoms with Crippen molar-refractivity contribution in [3.63, 3.8) is 0 Å². The highest BCUT2D eigenvalue weighted by atomic mass is 32.2. The highest BCUT2D eigenvalue weighted by Gasteiger charge is 2.24. The zero-order chi connectivity index (χ0) is 10.8. The Bertz CT molecular complexity index is 394. The molecule has 80 valence electrons. The summed E-state index contributed by atoms with van der Waals surface area (Å²) < 4.78 is 5.09. The molecule has 1 unspecified atom stereocenters. The number of fused-ring (bicyclic) bond motifs is 1. The van der Waals surface area contributed by atoms with E-state index in [0.717, 1.165) is 16.3 Å². The summed E-state index contributed by atoms with van der Waals surface area (Å²) in [6.45, 7) is 0.458. The number of anilines is 1. The smallest absolute Gasteiger partial charge is 0.318 e. The van der Waals surface area contributed by atoms with Crippen molar-refractivity contribution < 1.29 is 14.6 Å². The van der Waals surface area contributed by atoms with Crippen molar-refractivity contribution in [1.29, 1.82) is 0 Å². The second-order valence-electron chi connectivity index (χ2n) is 3.19. The number of nitrogens with one attached hydrogen (secondary N) is 1. The van der Waals surface area contributed by atoms with E-state index < -0.39 is 11.2 Å². The molecule has 0 bridgehead atoms. The van der Waals surface area contributed by atoms with Crippen molar-refractivity contribution >= 4 is 23.4 Å². The molecule has 1 aromatic rings. The molecule has 5 heteroatoms. The molecule has 4 nitrogen and oxygen atoms in total. The van der Waals surface area contributed by atoms with E-state index in [1.807, 2.05) is 18.2 Å². The van der Waals surface area contributed by atoms with Crippen molar-refractivity contribution in [2.45, 2.75) is 10.1 Å². The Labute approximate surface area is 91.6 Å². The van der Waals surface area contributed by atoms with E-state index in [4.69, 9.17) is 9.84 Å². The molecule has 1 heterocycles. The molecule has 0 fully saturated rings. The van der Waals surface area contributed by atoms with Gasteiger partial charge in [-0.2, -0.15) is 0 Å². The number of carboxylic acids is 1. The zero-order valence-corrected chi connectivity index (χ0v) is 9.00. The maximum atomic E-state index is 10.8. The SMILES string of the molecule is COc1ccc2c(c1)SC(C(=O)O)CN2. The van der Waals surface area contributed by atoms with Crippen LogP contribution in [0.4, 0.5) is 5.69 Å². The van der Waals surface area contributed by atoms with E-state index in [1.165, 1.54) is 11.8 Å². The summed E-state index contributed by atoms with van der Waals surface area (Å²) in [7, 11) is 1.59. The van der Waals surface area contributed by atoms with Gasteiger partial charge in [0.2, 0.25) is 0 Å². The van der Waals surface area contributed by atoms with Crippen LogP contribution in [0.3, 0.4) is 0 Å². The lowest BCUT2D eigenvalue weighted by molar-refractivity contribution is -0.136. The number of hydrogen-bond donors (Lipinski definition) is 2. The van der Waals surface area contributed by atoms with Crippen LogP contribution in [0.5, 0.6) is 5.75 Å². The van der Waals surface area contributed by atoms with E-state index in [1.54, 1.807) is 7.11 Å².